The molecule has 0 spiro atoms. The predicted octanol–water partition coefficient (Wildman–Crippen LogP) is 1.37. The van der Waals surface area contributed by atoms with Crippen LogP contribution in [0.1, 0.15) is 17.5 Å². The van der Waals surface area contributed by atoms with Crippen molar-refractivity contribution in [1.82, 2.24) is 10.2 Å². The van der Waals surface area contributed by atoms with Crippen molar-refractivity contribution < 1.29 is 4.74 Å². The molecule has 1 saturated heterocycles. The number of hydrogen-bond acceptors (Lipinski definition) is 3. The quantitative estimate of drug-likeness (QED) is 0.811. The minimum absolute atomic E-state index is 0.373. The van der Waals surface area contributed by atoms with Crippen LogP contribution in [-0.4, -0.2) is 31.1 Å². The number of benzene rings is 1. The average molecular weight is 218 g/mol. The van der Waals surface area contributed by atoms with E-state index in [1.54, 1.807) is 0 Å². The Morgan fingerprint density at radius 1 is 1.31 bits per heavy atom. The summed E-state index contributed by atoms with van der Waals surface area (Å²) in [5.74, 6) is 1.03. The van der Waals surface area contributed by atoms with Crippen LogP contribution in [0.2, 0.25) is 0 Å². The summed E-state index contributed by atoms with van der Waals surface area (Å²) in [6.45, 7) is 4.19. The lowest BCUT2D eigenvalue weighted by Gasteiger charge is -2.14. The lowest BCUT2D eigenvalue weighted by atomic mass is 10.1. The van der Waals surface area contributed by atoms with Crippen LogP contribution < -0.4 is 10.1 Å². The molecular weight excluding hydrogens is 200 g/mol. The van der Waals surface area contributed by atoms with Crippen LogP contribution >= 0.6 is 0 Å². The Morgan fingerprint density at radius 3 is 3.00 bits per heavy atom. The standard InChI is InChI=1S/C13H18N2O/c1-15-5-4-13(9-15)16-12-3-2-10-7-14-8-11(10)6-12/h2-3,6,13-14H,4-5,7-9H2,1H3/t13-/m0/s1. The van der Waals surface area contributed by atoms with E-state index in [9.17, 15) is 0 Å². The Labute approximate surface area is 96.4 Å². The molecule has 0 amide bonds. The number of likely N-dealkylation sites (N-methyl/N-ethyl adjacent to an activating group) is 1. The maximum atomic E-state index is 6.00. The molecule has 3 nitrogen and oxygen atoms in total. The normalized spacial score (nSPS) is 24.7. The van der Waals surface area contributed by atoms with Crippen molar-refractivity contribution in [2.45, 2.75) is 25.6 Å². The summed E-state index contributed by atoms with van der Waals surface area (Å²) in [5, 5.41) is 3.35. The minimum atomic E-state index is 0.373. The molecule has 0 aromatic heterocycles. The van der Waals surface area contributed by atoms with Gasteiger partial charge >= 0.3 is 0 Å². The van der Waals surface area contributed by atoms with E-state index >= 15 is 0 Å². The maximum Gasteiger partial charge on any atom is 0.120 e. The van der Waals surface area contributed by atoms with Gasteiger partial charge in [-0.1, -0.05) is 6.07 Å². The van der Waals surface area contributed by atoms with E-state index < -0.39 is 0 Å². The highest BCUT2D eigenvalue weighted by Crippen LogP contribution is 2.23. The number of fused-ring (bicyclic) bond motifs is 1. The summed E-state index contributed by atoms with van der Waals surface area (Å²) in [4.78, 5) is 2.32. The van der Waals surface area contributed by atoms with Gasteiger partial charge in [-0.15, -0.1) is 0 Å². The van der Waals surface area contributed by atoms with E-state index in [4.69, 9.17) is 4.74 Å². The number of nitrogens with zero attached hydrogens (tertiary/aromatic N) is 1. The molecule has 86 valence electrons. The molecule has 1 fully saturated rings. The van der Waals surface area contributed by atoms with Gasteiger partial charge in [0.15, 0.2) is 0 Å². The summed E-state index contributed by atoms with van der Waals surface area (Å²) >= 11 is 0. The van der Waals surface area contributed by atoms with Crippen molar-refractivity contribution >= 4 is 0 Å². The van der Waals surface area contributed by atoms with Gasteiger partial charge in [0.05, 0.1) is 0 Å². The minimum Gasteiger partial charge on any atom is -0.489 e. The van der Waals surface area contributed by atoms with Crippen molar-refractivity contribution in [3.63, 3.8) is 0 Å². The Hall–Kier alpha value is -1.06. The maximum absolute atomic E-state index is 6.00. The average Bonchev–Trinajstić information content (AvgIpc) is 2.87. The van der Waals surface area contributed by atoms with Crippen LogP contribution in [0.15, 0.2) is 18.2 Å². The van der Waals surface area contributed by atoms with Gasteiger partial charge in [0.2, 0.25) is 0 Å². The summed E-state index contributed by atoms with van der Waals surface area (Å²) in [6.07, 6.45) is 1.52. The zero-order valence-corrected chi connectivity index (χ0v) is 9.70. The third-order valence-electron chi connectivity index (χ3n) is 3.46. The van der Waals surface area contributed by atoms with Gasteiger partial charge in [-0.05, 0) is 36.7 Å². The van der Waals surface area contributed by atoms with Gasteiger partial charge in [-0.3, -0.25) is 0 Å². The topological polar surface area (TPSA) is 24.5 Å². The first kappa shape index (κ1) is 10.1. The fourth-order valence-corrected chi connectivity index (χ4v) is 2.53. The second-order valence-electron chi connectivity index (χ2n) is 4.82. The number of hydrogen-bond donors (Lipinski definition) is 1. The first-order valence-corrected chi connectivity index (χ1v) is 5.99. The summed E-state index contributed by atoms with van der Waals surface area (Å²) in [6, 6.07) is 6.47. The lowest BCUT2D eigenvalue weighted by molar-refractivity contribution is 0.208. The molecule has 2 aliphatic heterocycles. The molecule has 1 aromatic carbocycles. The SMILES string of the molecule is CN1CC[C@H](Oc2ccc3c(c2)CNC3)C1. The Kier molecular flexibility index (Phi) is 2.58. The van der Waals surface area contributed by atoms with E-state index in [1.807, 2.05) is 0 Å². The number of nitrogens with one attached hydrogen (secondary N) is 1. The van der Waals surface area contributed by atoms with Crippen molar-refractivity contribution in [3.8, 4) is 5.75 Å². The van der Waals surface area contributed by atoms with Crippen LogP contribution in [0.25, 0.3) is 0 Å². The van der Waals surface area contributed by atoms with Gasteiger partial charge in [0.1, 0.15) is 11.9 Å². The smallest absolute Gasteiger partial charge is 0.120 e. The van der Waals surface area contributed by atoms with Crippen LogP contribution in [-0.2, 0) is 13.1 Å². The molecule has 0 radical (unpaired) electrons. The van der Waals surface area contributed by atoms with E-state index in [0.29, 0.717) is 6.10 Å². The largest absolute Gasteiger partial charge is 0.489 e. The van der Waals surface area contributed by atoms with Crippen molar-refractivity contribution in [3.05, 3.63) is 29.3 Å². The highest BCUT2D eigenvalue weighted by atomic mass is 16.5. The zero-order valence-electron chi connectivity index (χ0n) is 9.70. The fraction of sp³-hybridized carbons (Fsp3) is 0.538. The number of rotatable bonds is 2. The molecule has 0 unspecified atom stereocenters. The third kappa shape index (κ3) is 1.93. The van der Waals surface area contributed by atoms with Crippen molar-refractivity contribution in [2.24, 2.45) is 0 Å². The van der Waals surface area contributed by atoms with E-state index in [1.165, 1.54) is 11.1 Å². The van der Waals surface area contributed by atoms with Crippen LogP contribution in [0, 0.1) is 0 Å². The van der Waals surface area contributed by atoms with Crippen LogP contribution in [0.5, 0.6) is 5.75 Å². The van der Waals surface area contributed by atoms with E-state index in [0.717, 1.165) is 38.3 Å². The predicted molar refractivity (Wildman–Crippen MR) is 63.5 cm³/mol. The van der Waals surface area contributed by atoms with Gasteiger partial charge in [0.25, 0.3) is 0 Å². The first-order chi connectivity index (χ1) is 7.81. The molecule has 1 atom stereocenters. The van der Waals surface area contributed by atoms with Crippen LogP contribution in [0.4, 0.5) is 0 Å². The molecule has 16 heavy (non-hydrogen) atoms. The fourth-order valence-electron chi connectivity index (χ4n) is 2.53. The highest BCUT2D eigenvalue weighted by molar-refractivity contribution is 5.37. The van der Waals surface area contributed by atoms with Gasteiger partial charge in [0, 0.05) is 26.2 Å². The molecular formula is C13H18N2O. The van der Waals surface area contributed by atoms with Gasteiger partial charge in [-0.2, -0.15) is 0 Å². The molecule has 0 aliphatic carbocycles. The Bertz CT molecular complexity index is 392. The molecule has 2 aliphatic rings. The van der Waals surface area contributed by atoms with E-state index in [2.05, 4.69) is 35.5 Å². The van der Waals surface area contributed by atoms with Gasteiger partial charge < -0.3 is 15.0 Å². The molecule has 0 saturated carbocycles. The Morgan fingerprint density at radius 2 is 2.19 bits per heavy atom. The summed E-state index contributed by atoms with van der Waals surface area (Å²) in [7, 11) is 2.15. The Balaban J connectivity index is 1.71. The van der Waals surface area contributed by atoms with Crippen molar-refractivity contribution in [2.75, 3.05) is 20.1 Å². The monoisotopic (exact) mass is 218 g/mol. The second-order valence-corrected chi connectivity index (χ2v) is 4.82. The number of ether oxygens (including phenoxy) is 1. The van der Waals surface area contributed by atoms with Gasteiger partial charge in [-0.25, -0.2) is 0 Å². The molecule has 1 aromatic rings. The highest BCUT2D eigenvalue weighted by Gasteiger charge is 2.21. The molecule has 3 rings (SSSR count). The summed E-state index contributed by atoms with van der Waals surface area (Å²) in [5.41, 5.74) is 2.81. The molecule has 2 heterocycles. The van der Waals surface area contributed by atoms with Crippen LogP contribution in [0.3, 0.4) is 0 Å². The molecule has 1 N–H and O–H groups in total. The third-order valence-corrected chi connectivity index (χ3v) is 3.46. The first-order valence-electron chi connectivity index (χ1n) is 5.99. The second kappa shape index (κ2) is 4.07. The zero-order chi connectivity index (χ0) is 11.0. The lowest BCUT2D eigenvalue weighted by Crippen LogP contribution is -2.21. The number of likely N-dealkylation sites (tertiary alicyclic amines) is 1. The summed E-state index contributed by atoms with van der Waals surface area (Å²) < 4.78 is 6.00. The molecule has 0 bridgehead atoms. The molecule has 3 heteroatoms. The van der Waals surface area contributed by atoms with Crippen molar-refractivity contribution in [1.29, 1.82) is 0 Å². The van der Waals surface area contributed by atoms with E-state index in [-0.39, 0.29) is 0 Å².